The minimum absolute atomic E-state index is 0.224. The second kappa shape index (κ2) is 4.91. The quantitative estimate of drug-likeness (QED) is 0.711. The topological polar surface area (TPSA) is 74.1 Å². The van der Waals surface area contributed by atoms with Crippen molar-refractivity contribution in [3.63, 3.8) is 0 Å². The highest BCUT2D eigenvalue weighted by Gasteiger charge is 2.21. The first kappa shape index (κ1) is 12.4. The van der Waals surface area contributed by atoms with Crippen LogP contribution in [0.1, 0.15) is 12.7 Å². The predicted molar refractivity (Wildman–Crippen MR) is 54.3 cm³/mol. The molecule has 0 aliphatic carbocycles. The van der Waals surface area contributed by atoms with Gasteiger partial charge < -0.3 is 4.74 Å². The van der Waals surface area contributed by atoms with Crippen molar-refractivity contribution >= 4 is 19.7 Å². The van der Waals surface area contributed by atoms with E-state index in [1.165, 1.54) is 11.7 Å². The first-order valence-corrected chi connectivity index (χ1v) is 6.67. The Balaban J connectivity index is 3.12. The normalized spacial score (nSPS) is 11.9. The molecule has 0 atom stereocenters. The number of halogens is 1. The number of methoxy groups -OCH3 is 1. The molecule has 1 aromatic rings. The molecule has 0 aromatic carbocycles. The smallest absolute Gasteiger partial charge is 0.296 e. The monoisotopic (exact) mass is 253 g/mol. The van der Waals surface area contributed by atoms with Gasteiger partial charge in [-0.25, -0.2) is 8.42 Å². The molecule has 0 N–H and O–H groups in total. The number of hydrogen-bond donors (Lipinski definition) is 0. The summed E-state index contributed by atoms with van der Waals surface area (Å²) in [7, 11) is 2.91. The standard InChI is InChI=1S/C7H12ClN3O3S/c1-3-6-9-10-7(15(8,12)13)11(6)4-5-14-2/h3-5H2,1-2H3. The van der Waals surface area contributed by atoms with E-state index in [0.29, 0.717) is 25.4 Å². The van der Waals surface area contributed by atoms with Crippen molar-refractivity contribution in [2.75, 3.05) is 13.7 Å². The third-order valence-electron chi connectivity index (χ3n) is 1.85. The maximum absolute atomic E-state index is 11.1. The molecule has 0 aliphatic rings. The number of aromatic nitrogens is 3. The van der Waals surface area contributed by atoms with Crippen LogP contribution >= 0.6 is 10.7 Å². The lowest BCUT2D eigenvalue weighted by Crippen LogP contribution is -2.12. The molecular formula is C7H12ClN3O3S. The third-order valence-corrected chi connectivity index (χ3v) is 3.00. The van der Waals surface area contributed by atoms with Crippen LogP contribution in [0.15, 0.2) is 5.16 Å². The van der Waals surface area contributed by atoms with E-state index in [9.17, 15) is 8.42 Å². The van der Waals surface area contributed by atoms with Gasteiger partial charge >= 0.3 is 0 Å². The molecule has 0 unspecified atom stereocenters. The molecule has 0 radical (unpaired) electrons. The van der Waals surface area contributed by atoms with Crippen LogP contribution in [0.3, 0.4) is 0 Å². The fraction of sp³-hybridized carbons (Fsp3) is 0.714. The highest BCUT2D eigenvalue weighted by atomic mass is 35.7. The van der Waals surface area contributed by atoms with Crippen LogP contribution in [0.25, 0.3) is 0 Å². The Labute approximate surface area is 92.6 Å². The number of aryl methyl sites for hydroxylation is 1. The van der Waals surface area contributed by atoms with Gasteiger partial charge in [0.15, 0.2) is 0 Å². The van der Waals surface area contributed by atoms with E-state index >= 15 is 0 Å². The molecule has 8 heteroatoms. The minimum atomic E-state index is -3.85. The number of nitrogens with zero attached hydrogens (tertiary/aromatic N) is 3. The summed E-state index contributed by atoms with van der Waals surface area (Å²) in [4.78, 5) is 0. The number of ether oxygens (including phenoxy) is 1. The van der Waals surface area contributed by atoms with Crippen molar-refractivity contribution in [2.24, 2.45) is 0 Å². The molecule has 0 saturated carbocycles. The summed E-state index contributed by atoms with van der Waals surface area (Å²) in [5.74, 6) is 0.575. The Morgan fingerprint density at radius 1 is 1.47 bits per heavy atom. The van der Waals surface area contributed by atoms with Gasteiger partial charge in [0.25, 0.3) is 14.2 Å². The predicted octanol–water partition coefficient (Wildman–Crippen LogP) is 0.414. The molecule has 15 heavy (non-hydrogen) atoms. The first-order valence-electron chi connectivity index (χ1n) is 4.36. The van der Waals surface area contributed by atoms with Crippen molar-refractivity contribution < 1.29 is 13.2 Å². The third kappa shape index (κ3) is 2.90. The van der Waals surface area contributed by atoms with E-state index in [0.717, 1.165) is 0 Å². The maximum atomic E-state index is 11.1. The number of hydrogen-bond acceptors (Lipinski definition) is 5. The van der Waals surface area contributed by atoms with E-state index in [4.69, 9.17) is 15.4 Å². The van der Waals surface area contributed by atoms with Crippen molar-refractivity contribution in [3.8, 4) is 0 Å². The van der Waals surface area contributed by atoms with Crippen LogP contribution in [-0.2, 0) is 26.8 Å². The zero-order valence-corrected chi connectivity index (χ0v) is 10.0. The van der Waals surface area contributed by atoms with E-state index in [1.54, 1.807) is 0 Å². The molecule has 0 spiro atoms. The van der Waals surface area contributed by atoms with Crippen LogP contribution in [-0.4, -0.2) is 36.9 Å². The molecular weight excluding hydrogens is 242 g/mol. The van der Waals surface area contributed by atoms with E-state index in [-0.39, 0.29) is 5.16 Å². The molecule has 1 heterocycles. The fourth-order valence-electron chi connectivity index (χ4n) is 1.17. The summed E-state index contributed by atoms with van der Waals surface area (Å²) in [5, 5.41) is 7.07. The lowest BCUT2D eigenvalue weighted by molar-refractivity contribution is 0.183. The molecule has 0 amide bonds. The van der Waals surface area contributed by atoms with Crippen molar-refractivity contribution in [2.45, 2.75) is 25.0 Å². The van der Waals surface area contributed by atoms with Gasteiger partial charge in [0.05, 0.1) is 6.61 Å². The second-order valence-corrected chi connectivity index (χ2v) is 5.29. The summed E-state index contributed by atoms with van der Waals surface area (Å²) in [6, 6.07) is 0. The Morgan fingerprint density at radius 3 is 2.60 bits per heavy atom. The Kier molecular flexibility index (Phi) is 4.06. The molecule has 0 aliphatic heterocycles. The van der Waals surface area contributed by atoms with E-state index in [1.807, 2.05) is 6.92 Å². The molecule has 6 nitrogen and oxygen atoms in total. The molecule has 1 rings (SSSR count). The Morgan fingerprint density at radius 2 is 2.13 bits per heavy atom. The molecule has 0 saturated heterocycles. The molecule has 86 valence electrons. The minimum Gasteiger partial charge on any atom is -0.383 e. The van der Waals surface area contributed by atoms with Crippen LogP contribution in [0.5, 0.6) is 0 Å². The van der Waals surface area contributed by atoms with Gasteiger partial charge in [-0.1, -0.05) is 6.92 Å². The SMILES string of the molecule is CCc1nnc(S(=O)(=O)Cl)n1CCOC. The largest absolute Gasteiger partial charge is 0.383 e. The fourth-order valence-corrected chi connectivity index (χ4v) is 2.11. The molecule has 1 aromatic heterocycles. The van der Waals surface area contributed by atoms with Crippen LogP contribution < -0.4 is 0 Å². The molecule has 0 bridgehead atoms. The first-order chi connectivity index (χ1) is 7.00. The lowest BCUT2D eigenvalue weighted by atomic mass is 10.4. The van der Waals surface area contributed by atoms with Gasteiger partial charge in [-0.2, -0.15) is 0 Å². The van der Waals surface area contributed by atoms with Gasteiger partial charge in [-0.05, 0) is 0 Å². The lowest BCUT2D eigenvalue weighted by Gasteiger charge is -2.06. The highest BCUT2D eigenvalue weighted by Crippen LogP contribution is 2.14. The van der Waals surface area contributed by atoms with Crippen molar-refractivity contribution in [1.82, 2.24) is 14.8 Å². The summed E-state index contributed by atoms with van der Waals surface area (Å²) < 4.78 is 28.6. The average Bonchev–Trinajstić information content (AvgIpc) is 2.56. The average molecular weight is 254 g/mol. The second-order valence-electron chi connectivity index (χ2n) is 2.83. The maximum Gasteiger partial charge on any atom is 0.296 e. The van der Waals surface area contributed by atoms with Gasteiger partial charge in [0.1, 0.15) is 5.82 Å². The van der Waals surface area contributed by atoms with Crippen molar-refractivity contribution in [3.05, 3.63) is 5.82 Å². The van der Waals surface area contributed by atoms with E-state index in [2.05, 4.69) is 10.2 Å². The van der Waals surface area contributed by atoms with Gasteiger partial charge in [0, 0.05) is 30.8 Å². The van der Waals surface area contributed by atoms with Gasteiger partial charge in [-0.3, -0.25) is 4.57 Å². The highest BCUT2D eigenvalue weighted by molar-refractivity contribution is 8.13. The summed E-state index contributed by atoms with van der Waals surface area (Å²) >= 11 is 0. The Hall–Kier alpha value is -0.660. The summed E-state index contributed by atoms with van der Waals surface area (Å²) in [5.41, 5.74) is 0. The van der Waals surface area contributed by atoms with Crippen LogP contribution in [0.2, 0.25) is 0 Å². The summed E-state index contributed by atoms with van der Waals surface area (Å²) in [6.45, 7) is 2.61. The molecule has 0 fully saturated rings. The van der Waals surface area contributed by atoms with Gasteiger partial charge in [-0.15, -0.1) is 10.2 Å². The van der Waals surface area contributed by atoms with E-state index < -0.39 is 9.05 Å². The van der Waals surface area contributed by atoms with Gasteiger partial charge in [0.2, 0.25) is 0 Å². The summed E-state index contributed by atoms with van der Waals surface area (Å²) in [6.07, 6.45) is 0.586. The zero-order valence-electron chi connectivity index (χ0n) is 8.47. The van der Waals surface area contributed by atoms with Crippen LogP contribution in [0.4, 0.5) is 0 Å². The van der Waals surface area contributed by atoms with Crippen molar-refractivity contribution in [1.29, 1.82) is 0 Å². The number of rotatable bonds is 5. The Bertz CT molecular complexity index is 429. The zero-order chi connectivity index (χ0) is 11.5. The van der Waals surface area contributed by atoms with Crippen LogP contribution in [0, 0.1) is 0 Å².